The fraction of sp³-hybridized carbons (Fsp3) is 0.333. The van der Waals surface area contributed by atoms with E-state index >= 15 is 0 Å². The maximum Gasteiger partial charge on any atom is 0.226 e. The zero-order chi connectivity index (χ0) is 9.26. The van der Waals surface area contributed by atoms with Crippen molar-refractivity contribution in [1.82, 2.24) is 18.7 Å². The molecule has 7 heteroatoms. The molecule has 0 aliphatic rings. The maximum absolute atomic E-state index is 4.18. The summed E-state index contributed by atoms with van der Waals surface area (Å²) in [5.41, 5.74) is 1.33. The normalized spacial score (nSPS) is 10.3. The lowest BCUT2D eigenvalue weighted by Gasteiger charge is -2.01. The Kier molecular flexibility index (Phi) is 1.93. The molecule has 0 saturated heterocycles. The first-order chi connectivity index (χ1) is 6.35. The van der Waals surface area contributed by atoms with Crippen LogP contribution in [0.4, 0.5) is 11.8 Å². The van der Waals surface area contributed by atoms with E-state index in [9.17, 15) is 0 Å². The van der Waals surface area contributed by atoms with Gasteiger partial charge < -0.3 is 10.6 Å². The van der Waals surface area contributed by atoms with Crippen LogP contribution < -0.4 is 10.6 Å². The van der Waals surface area contributed by atoms with E-state index in [2.05, 4.69) is 29.3 Å². The lowest BCUT2D eigenvalue weighted by molar-refractivity contribution is 1.17. The molecular formula is C6H8N6S. The third kappa shape index (κ3) is 1.26. The number of nitrogens with zero attached hydrogens (tertiary/aromatic N) is 4. The van der Waals surface area contributed by atoms with Crippen molar-refractivity contribution in [1.29, 1.82) is 0 Å². The minimum Gasteiger partial charge on any atom is -0.371 e. The smallest absolute Gasteiger partial charge is 0.226 e. The van der Waals surface area contributed by atoms with Crippen molar-refractivity contribution in [2.45, 2.75) is 0 Å². The summed E-state index contributed by atoms with van der Waals surface area (Å²) in [6.07, 6.45) is 0. The Balaban J connectivity index is 2.70. The van der Waals surface area contributed by atoms with Gasteiger partial charge in [-0.1, -0.05) is 0 Å². The molecule has 0 aromatic carbocycles. The SMILES string of the molecule is CNc1nc(NC)c2nsnc2n1. The Morgan fingerprint density at radius 3 is 2.62 bits per heavy atom. The van der Waals surface area contributed by atoms with Crippen LogP contribution in [0.25, 0.3) is 11.2 Å². The predicted molar refractivity (Wildman–Crippen MR) is 52.1 cm³/mol. The summed E-state index contributed by atoms with van der Waals surface area (Å²) in [7, 11) is 3.56. The molecular weight excluding hydrogens is 188 g/mol. The summed E-state index contributed by atoms with van der Waals surface area (Å²) >= 11 is 1.13. The number of fused-ring (bicyclic) bond motifs is 1. The summed E-state index contributed by atoms with van der Waals surface area (Å²) in [6, 6.07) is 0. The van der Waals surface area contributed by atoms with Crippen molar-refractivity contribution in [3.63, 3.8) is 0 Å². The quantitative estimate of drug-likeness (QED) is 0.731. The minimum atomic E-state index is 0.546. The Morgan fingerprint density at radius 1 is 1.08 bits per heavy atom. The number of anilines is 2. The number of hydrogen-bond donors (Lipinski definition) is 2. The monoisotopic (exact) mass is 196 g/mol. The van der Waals surface area contributed by atoms with E-state index in [-0.39, 0.29) is 0 Å². The van der Waals surface area contributed by atoms with Crippen LogP contribution in [0.3, 0.4) is 0 Å². The van der Waals surface area contributed by atoms with Gasteiger partial charge in [0.1, 0.15) is 0 Å². The lowest BCUT2D eigenvalue weighted by atomic mass is 10.5. The van der Waals surface area contributed by atoms with Crippen molar-refractivity contribution in [3.05, 3.63) is 0 Å². The van der Waals surface area contributed by atoms with Crippen LogP contribution in [0.15, 0.2) is 0 Å². The molecule has 0 aliphatic heterocycles. The molecule has 68 valence electrons. The average Bonchev–Trinajstić information content (AvgIpc) is 2.63. The molecule has 2 N–H and O–H groups in total. The zero-order valence-corrected chi connectivity index (χ0v) is 8.01. The van der Waals surface area contributed by atoms with Crippen LogP contribution in [-0.2, 0) is 0 Å². The standard InChI is InChI=1S/C6H8N6S/c1-7-4-3-5(12-13-11-3)10-6(8-2)9-4/h1-2H3,(H2,7,8,9,10,12). The highest BCUT2D eigenvalue weighted by molar-refractivity contribution is 7.00. The molecule has 2 heterocycles. The van der Waals surface area contributed by atoms with Gasteiger partial charge in [-0.15, -0.1) is 0 Å². The first kappa shape index (κ1) is 8.11. The molecule has 0 atom stereocenters. The summed E-state index contributed by atoms with van der Waals surface area (Å²) in [5, 5.41) is 5.80. The highest BCUT2D eigenvalue weighted by atomic mass is 32.1. The molecule has 0 fully saturated rings. The second-order valence-electron chi connectivity index (χ2n) is 2.33. The Hall–Kier alpha value is -1.50. The molecule has 0 radical (unpaired) electrons. The maximum atomic E-state index is 4.18. The van der Waals surface area contributed by atoms with Crippen molar-refractivity contribution < 1.29 is 0 Å². The molecule has 2 aromatic heterocycles. The van der Waals surface area contributed by atoms with E-state index in [1.54, 1.807) is 14.1 Å². The van der Waals surface area contributed by atoms with Gasteiger partial charge >= 0.3 is 0 Å². The third-order valence-electron chi connectivity index (χ3n) is 1.59. The van der Waals surface area contributed by atoms with Crippen LogP contribution in [0.5, 0.6) is 0 Å². The number of rotatable bonds is 2. The number of aromatic nitrogens is 4. The molecule has 0 bridgehead atoms. The van der Waals surface area contributed by atoms with Crippen molar-refractivity contribution in [3.8, 4) is 0 Å². The van der Waals surface area contributed by atoms with Gasteiger partial charge in [0.15, 0.2) is 11.3 Å². The fourth-order valence-corrected chi connectivity index (χ4v) is 1.47. The summed E-state index contributed by atoms with van der Waals surface area (Å²) in [5.74, 6) is 1.24. The molecule has 0 spiro atoms. The van der Waals surface area contributed by atoms with E-state index in [1.807, 2.05) is 0 Å². The van der Waals surface area contributed by atoms with Gasteiger partial charge in [0, 0.05) is 14.1 Å². The lowest BCUT2D eigenvalue weighted by Crippen LogP contribution is -2.01. The topological polar surface area (TPSA) is 75.6 Å². The third-order valence-corrected chi connectivity index (χ3v) is 2.10. The fourth-order valence-electron chi connectivity index (χ4n) is 0.977. The van der Waals surface area contributed by atoms with E-state index in [1.165, 1.54) is 0 Å². The average molecular weight is 196 g/mol. The molecule has 6 nitrogen and oxygen atoms in total. The zero-order valence-electron chi connectivity index (χ0n) is 7.20. The largest absolute Gasteiger partial charge is 0.371 e. The van der Waals surface area contributed by atoms with E-state index in [0.717, 1.165) is 11.7 Å². The number of hydrogen-bond acceptors (Lipinski definition) is 7. The highest BCUT2D eigenvalue weighted by Crippen LogP contribution is 2.18. The molecule has 0 amide bonds. The second-order valence-corrected chi connectivity index (χ2v) is 2.86. The van der Waals surface area contributed by atoms with Gasteiger partial charge in [-0.3, -0.25) is 0 Å². The molecule has 0 unspecified atom stereocenters. The summed E-state index contributed by atoms with van der Waals surface area (Å²) < 4.78 is 8.12. The Morgan fingerprint density at radius 2 is 1.92 bits per heavy atom. The molecule has 2 aromatic rings. The van der Waals surface area contributed by atoms with Crippen molar-refractivity contribution >= 4 is 34.7 Å². The van der Waals surface area contributed by atoms with Gasteiger partial charge in [-0.25, -0.2) is 0 Å². The molecule has 0 aliphatic carbocycles. The summed E-state index contributed by atoms with van der Waals surface area (Å²) in [6.45, 7) is 0. The Labute approximate surface area is 78.7 Å². The van der Waals surface area contributed by atoms with Gasteiger partial charge in [0.25, 0.3) is 0 Å². The van der Waals surface area contributed by atoms with Crippen molar-refractivity contribution in [2.75, 3.05) is 24.7 Å². The van der Waals surface area contributed by atoms with Crippen LogP contribution in [-0.4, -0.2) is 32.8 Å². The summed E-state index contributed by atoms with van der Waals surface area (Å²) in [4.78, 5) is 8.32. The second kappa shape index (κ2) is 3.09. The van der Waals surface area contributed by atoms with Crippen molar-refractivity contribution in [2.24, 2.45) is 0 Å². The van der Waals surface area contributed by atoms with E-state index in [4.69, 9.17) is 0 Å². The van der Waals surface area contributed by atoms with E-state index < -0.39 is 0 Å². The predicted octanol–water partition coefficient (Wildman–Crippen LogP) is 0.565. The minimum absolute atomic E-state index is 0.546. The first-order valence-electron chi connectivity index (χ1n) is 3.71. The van der Waals surface area contributed by atoms with Gasteiger partial charge in [-0.2, -0.15) is 18.7 Å². The molecule has 0 saturated carbocycles. The van der Waals surface area contributed by atoms with Gasteiger partial charge in [0.2, 0.25) is 11.6 Å². The van der Waals surface area contributed by atoms with Crippen LogP contribution >= 0.6 is 11.7 Å². The van der Waals surface area contributed by atoms with Crippen LogP contribution in [0.1, 0.15) is 0 Å². The van der Waals surface area contributed by atoms with E-state index in [0.29, 0.717) is 22.9 Å². The highest BCUT2D eigenvalue weighted by Gasteiger charge is 2.08. The number of nitrogens with one attached hydrogen (secondary N) is 2. The Bertz CT molecular complexity index is 424. The van der Waals surface area contributed by atoms with Gasteiger partial charge in [-0.05, 0) is 0 Å². The van der Waals surface area contributed by atoms with Gasteiger partial charge in [0.05, 0.1) is 11.7 Å². The first-order valence-corrected chi connectivity index (χ1v) is 4.44. The molecule has 2 rings (SSSR count). The molecule has 13 heavy (non-hydrogen) atoms. The van der Waals surface area contributed by atoms with Crippen LogP contribution in [0.2, 0.25) is 0 Å². The van der Waals surface area contributed by atoms with Crippen LogP contribution in [0, 0.1) is 0 Å².